The number of carbonyl (C=O) groups excluding carboxylic acids is 1. The topological polar surface area (TPSA) is 45.6 Å². The number of aromatic nitrogens is 1. The SMILES string of the molecule is O=C(CSc1ccccn1)N1N=C2C(=Cc3ccc(Cl)cc3)CCCC2C1c1ccc(Cl)cc1. The number of nitrogens with zero attached hydrogens (tertiary/aromatic N) is 3. The number of thioether (sulfide) groups is 1. The normalized spacial score (nSPS) is 20.8. The van der Waals surface area contributed by atoms with Crippen molar-refractivity contribution in [1.82, 2.24) is 9.99 Å². The van der Waals surface area contributed by atoms with E-state index in [1.54, 1.807) is 11.2 Å². The average molecular weight is 508 g/mol. The summed E-state index contributed by atoms with van der Waals surface area (Å²) in [5, 5.41) is 8.85. The molecule has 7 heteroatoms. The Morgan fingerprint density at radius 3 is 2.47 bits per heavy atom. The monoisotopic (exact) mass is 507 g/mol. The maximum atomic E-state index is 13.4. The summed E-state index contributed by atoms with van der Waals surface area (Å²) in [6, 6.07) is 21.2. The fraction of sp³-hybridized carbons (Fsp3) is 0.222. The number of hydrogen-bond donors (Lipinski definition) is 0. The third-order valence-corrected chi connectivity index (χ3v) is 7.59. The van der Waals surface area contributed by atoms with E-state index in [-0.39, 0.29) is 23.6 Å². The molecule has 2 atom stereocenters. The van der Waals surface area contributed by atoms with Crippen molar-refractivity contribution in [3.8, 4) is 0 Å². The molecule has 1 aromatic heterocycles. The lowest BCUT2D eigenvalue weighted by molar-refractivity contribution is -0.130. The number of carbonyl (C=O) groups is 1. The third-order valence-electron chi connectivity index (χ3n) is 6.16. The first-order chi connectivity index (χ1) is 16.6. The van der Waals surface area contributed by atoms with Crippen molar-refractivity contribution in [2.24, 2.45) is 11.0 Å². The first-order valence-electron chi connectivity index (χ1n) is 11.2. The zero-order valence-electron chi connectivity index (χ0n) is 18.4. The van der Waals surface area contributed by atoms with Gasteiger partial charge in [-0.2, -0.15) is 5.10 Å². The van der Waals surface area contributed by atoms with E-state index in [9.17, 15) is 4.79 Å². The van der Waals surface area contributed by atoms with E-state index in [1.165, 1.54) is 17.3 Å². The second-order valence-corrected chi connectivity index (χ2v) is 10.3. The van der Waals surface area contributed by atoms with Gasteiger partial charge < -0.3 is 0 Å². The van der Waals surface area contributed by atoms with Gasteiger partial charge in [-0.3, -0.25) is 4.79 Å². The van der Waals surface area contributed by atoms with Crippen LogP contribution < -0.4 is 0 Å². The van der Waals surface area contributed by atoms with Gasteiger partial charge in [-0.05, 0) is 78.4 Å². The molecule has 0 N–H and O–H groups in total. The highest BCUT2D eigenvalue weighted by Gasteiger charge is 2.43. The molecule has 1 fully saturated rings. The van der Waals surface area contributed by atoms with Crippen molar-refractivity contribution in [3.63, 3.8) is 0 Å². The summed E-state index contributed by atoms with van der Waals surface area (Å²) in [5.41, 5.74) is 4.33. The molecule has 2 aromatic carbocycles. The molecular formula is C27H23Cl2N3OS. The van der Waals surface area contributed by atoms with Crippen LogP contribution >= 0.6 is 35.0 Å². The van der Waals surface area contributed by atoms with Gasteiger partial charge in [-0.1, -0.05) is 65.3 Å². The van der Waals surface area contributed by atoms with E-state index in [0.717, 1.165) is 41.1 Å². The molecule has 4 nitrogen and oxygen atoms in total. The summed E-state index contributed by atoms with van der Waals surface area (Å²) < 4.78 is 0. The Kier molecular flexibility index (Phi) is 7.05. The zero-order valence-corrected chi connectivity index (χ0v) is 20.7. The van der Waals surface area contributed by atoms with Crippen LogP contribution in [0, 0.1) is 5.92 Å². The second kappa shape index (κ2) is 10.3. The van der Waals surface area contributed by atoms with Crippen LogP contribution in [0.15, 0.2) is 88.6 Å². The predicted molar refractivity (Wildman–Crippen MR) is 140 cm³/mol. The summed E-state index contributed by atoms with van der Waals surface area (Å²) in [7, 11) is 0. The zero-order chi connectivity index (χ0) is 23.5. The lowest BCUT2D eigenvalue weighted by atomic mass is 9.77. The number of amides is 1. The van der Waals surface area contributed by atoms with Gasteiger partial charge in [0.05, 0.1) is 22.5 Å². The number of halogens is 2. The molecule has 3 aromatic rings. The number of rotatable bonds is 5. The highest BCUT2D eigenvalue weighted by molar-refractivity contribution is 7.99. The van der Waals surface area contributed by atoms with Crippen molar-refractivity contribution in [3.05, 3.63) is 99.7 Å². The fourth-order valence-corrected chi connectivity index (χ4v) is 5.56. The van der Waals surface area contributed by atoms with E-state index in [2.05, 4.69) is 11.1 Å². The van der Waals surface area contributed by atoms with Crippen LogP contribution in [0.1, 0.15) is 36.4 Å². The van der Waals surface area contributed by atoms with Gasteiger partial charge in [0, 0.05) is 22.2 Å². The summed E-state index contributed by atoms with van der Waals surface area (Å²) in [6.07, 6.45) is 6.90. The molecule has 1 aliphatic carbocycles. The quantitative estimate of drug-likeness (QED) is 0.340. The summed E-state index contributed by atoms with van der Waals surface area (Å²) in [6.45, 7) is 0. The molecule has 5 rings (SSSR count). The number of hydrogen-bond acceptors (Lipinski definition) is 4. The highest BCUT2D eigenvalue weighted by Crippen LogP contribution is 2.44. The van der Waals surface area contributed by atoms with Gasteiger partial charge in [0.2, 0.25) is 0 Å². The van der Waals surface area contributed by atoms with Gasteiger partial charge >= 0.3 is 0 Å². The molecule has 1 saturated carbocycles. The average Bonchev–Trinajstić information content (AvgIpc) is 3.26. The van der Waals surface area contributed by atoms with Crippen LogP contribution in [0.3, 0.4) is 0 Å². The summed E-state index contributed by atoms with van der Waals surface area (Å²) in [5.74, 6) is 0.404. The molecule has 0 spiro atoms. The van der Waals surface area contributed by atoms with Crippen molar-refractivity contribution >= 4 is 52.7 Å². The molecule has 0 saturated heterocycles. The van der Waals surface area contributed by atoms with Gasteiger partial charge in [0.25, 0.3) is 5.91 Å². The van der Waals surface area contributed by atoms with Gasteiger partial charge in [0.1, 0.15) is 0 Å². The Balaban J connectivity index is 1.47. The van der Waals surface area contributed by atoms with Crippen LogP contribution in [0.25, 0.3) is 6.08 Å². The van der Waals surface area contributed by atoms with Crippen molar-refractivity contribution in [2.75, 3.05) is 5.75 Å². The van der Waals surface area contributed by atoms with Crippen LogP contribution in [-0.2, 0) is 4.79 Å². The molecule has 0 radical (unpaired) electrons. The van der Waals surface area contributed by atoms with Crippen LogP contribution in [0.2, 0.25) is 10.0 Å². The molecule has 172 valence electrons. The van der Waals surface area contributed by atoms with Crippen molar-refractivity contribution < 1.29 is 4.79 Å². The molecule has 34 heavy (non-hydrogen) atoms. The second-order valence-electron chi connectivity index (χ2n) is 8.40. The first kappa shape index (κ1) is 23.2. The van der Waals surface area contributed by atoms with Crippen LogP contribution in [0.4, 0.5) is 0 Å². The van der Waals surface area contributed by atoms with Crippen molar-refractivity contribution in [1.29, 1.82) is 0 Å². The Bertz CT molecular complexity index is 1230. The Morgan fingerprint density at radius 1 is 1.03 bits per heavy atom. The Morgan fingerprint density at radius 2 is 1.76 bits per heavy atom. The standard InChI is InChI=1S/C27H23Cl2N3OS/c28-21-11-7-18(8-12-21)16-20-4-3-5-23-26(20)31-32(27(23)19-9-13-22(29)14-10-19)25(33)17-34-24-6-1-2-15-30-24/h1-2,6-16,23,27H,3-5,17H2. The lowest BCUT2D eigenvalue weighted by Crippen LogP contribution is -2.32. The Labute approximate surface area is 213 Å². The molecule has 2 heterocycles. The van der Waals surface area contributed by atoms with E-state index in [0.29, 0.717) is 10.0 Å². The van der Waals surface area contributed by atoms with Gasteiger partial charge in [-0.15, -0.1) is 0 Å². The largest absolute Gasteiger partial charge is 0.272 e. The lowest BCUT2D eigenvalue weighted by Gasteiger charge is -2.29. The maximum absolute atomic E-state index is 13.4. The summed E-state index contributed by atoms with van der Waals surface area (Å²) >= 11 is 13.7. The molecule has 1 aliphatic heterocycles. The highest BCUT2D eigenvalue weighted by atomic mass is 35.5. The molecule has 2 unspecified atom stereocenters. The van der Waals surface area contributed by atoms with Gasteiger partial charge in [-0.25, -0.2) is 9.99 Å². The minimum Gasteiger partial charge on any atom is -0.272 e. The molecular weight excluding hydrogens is 485 g/mol. The van der Waals surface area contributed by atoms with Crippen LogP contribution in [-0.4, -0.2) is 27.4 Å². The fourth-order valence-electron chi connectivity index (χ4n) is 4.59. The number of benzene rings is 2. The van der Waals surface area contributed by atoms with E-state index in [1.807, 2.05) is 66.7 Å². The number of hydrazone groups is 1. The minimum atomic E-state index is -0.141. The number of pyridine rings is 1. The first-order valence-corrected chi connectivity index (χ1v) is 13.0. The molecule has 2 aliphatic rings. The van der Waals surface area contributed by atoms with E-state index < -0.39 is 0 Å². The van der Waals surface area contributed by atoms with E-state index >= 15 is 0 Å². The van der Waals surface area contributed by atoms with E-state index in [4.69, 9.17) is 28.3 Å². The third kappa shape index (κ3) is 5.07. The number of allylic oxidation sites excluding steroid dienone is 1. The van der Waals surface area contributed by atoms with Gasteiger partial charge in [0.15, 0.2) is 0 Å². The summed E-state index contributed by atoms with van der Waals surface area (Å²) in [4.78, 5) is 17.7. The maximum Gasteiger partial charge on any atom is 0.253 e. The Hall–Kier alpha value is -2.60. The van der Waals surface area contributed by atoms with Crippen molar-refractivity contribution in [2.45, 2.75) is 30.3 Å². The molecule has 0 bridgehead atoms. The smallest absolute Gasteiger partial charge is 0.253 e. The minimum absolute atomic E-state index is 0.0247. The van der Waals surface area contributed by atoms with Crippen LogP contribution in [0.5, 0.6) is 0 Å². The molecule has 1 amide bonds. The predicted octanol–water partition coefficient (Wildman–Crippen LogP) is 7.30. The number of fused-ring (bicyclic) bond motifs is 1.